The second-order valence-electron chi connectivity index (χ2n) is 7.06. The van der Waals surface area contributed by atoms with Crippen molar-refractivity contribution >= 4 is 17.8 Å². The predicted molar refractivity (Wildman–Crippen MR) is 92.4 cm³/mol. The Morgan fingerprint density at radius 2 is 2.04 bits per heavy atom. The fourth-order valence-corrected chi connectivity index (χ4v) is 3.67. The van der Waals surface area contributed by atoms with E-state index in [9.17, 15) is 9.59 Å². The minimum atomic E-state index is -0.726. The zero-order valence-electron chi connectivity index (χ0n) is 14.5. The molecule has 0 radical (unpaired) electrons. The highest BCUT2D eigenvalue weighted by atomic mass is 16.5. The molecule has 3 aliphatic heterocycles. The lowest BCUT2D eigenvalue weighted by molar-refractivity contribution is -0.141. The second-order valence-corrected chi connectivity index (χ2v) is 7.06. The Balaban J connectivity index is 1.41. The van der Waals surface area contributed by atoms with Gasteiger partial charge in [0.1, 0.15) is 11.3 Å². The first-order valence-electron chi connectivity index (χ1n) is 8.60. The molecule has 25 heavy (non-hydrogen) atoms. The van der Waals surface area contributed by atoms with Gasteiger partial charge in [0.25, 0.3) is 11.8 Å². The molecule has 4 rings (SSSR count). The second kappa shape index (κ2) is 5.75. The summed E-state index contributed by atoms with van der Waals surface area (Å²) in [7, 11) is 3.71. The molecular weight excluding hydrogens is 320 g/mol. The van der Waals surface area contributed by atoms with E-state index in [0.29, 0.717) is 38.3 Å². The Labute approximate surface area is 146 Å². The summed E-state index contributed by atoms with van der Waals surface area (Å²) >= 11 is 0. The predicted octanol–water partition coefficient (Wildman–Crippen LogP) is 0.399. The van der Waals surface area contributed by atoms with Gasteiger partial charge in [-0.25, -0.2) is 4.99 Å². The molecule has 7 nitrogen and oxygen atoms in total. The van der Waals surface area contributed by atoms with Gasteiger partial charge in [0.2, 0.25) is 5.96 Å². The van der Waals surface area contributed by atoms with E-state index >= 15 is 0 Å². The number of amides is 2. The first kappa shape index (κ1) is 15.9. The number of aliphatic imine (C=N–C) groups is 1. The summed E-state index contributed by atoms with van der Waals surface area (Å²) in [6.45, 7) is 1.04. The molecule has 1 saturated heterocycles. The number of nitrogens with one attached hydrogen (secondary N) is 1. The van der Waals surface area contributed by atoms with Gasteiger partial charge in [-0.15, -0.1) is 0 Å². The summed E-state index contributed by atoms with van der Waals surface area (Å²) in [5, 5.41) is 2.83. The van der Waals surface area contributed by atoms with Gasteiger partial charge in [-0.2, -0.15) is 0 Å². The highest BCUT2D eigenvalue weighted by Crippen LogP contribution is 2.33. The lowest BCUT2D eigenvalue weighted by Crippen LogP contribution is -2.53. The molecule has 1 aromatic carbocycles. The molecule has 1 aromatic rings. The van der Waals surface area contributed by atoms with E-state index in [1.54, 1.807) is 9.80 Å². The van der Waals surface area contributed by atoms with Crippen molar-refractivity contribution in [3.63, 3.8) is 0 Å². The number of guanidine groups is 1. The van der Waals surface area contributed by atoms with Crippen molar-refractivity contribution in [2.45, 2.75) is 30.9 Å². The van der Waals surface area contributed by atoms with Crippen molar-refractivity contribution in [1.29, 1.82) is 0 Å². The molecule has 0 bridgehead atoms. The number of carbonyl (C=O) groups excluding carboxylic acids is 2. The van der Waals surface area contributed by atoms with Crippen molar-refractivity contribution in [2.75, 3.05) is 27.2 Å². The number of benzene rings is 1. The quantitative estimate of drug-likeness (QED) is 0.802. The van der Waals surface area contributed by atoms with E-state index in [4.69, 9.17) is 4.74 Å². The van der Waals surface area contributed by atoms with E-state index in [2.05, 4.69) is 10.3 Å². The minimum Gasteiger partial charge on any atom is -0.480 e. The van der Waals surface area contributed by atoms with Crippen molar-refractivity contribution in [2.24, 2.45) is 4.99 Å². The van der Waals surface area contributed by atoms with E-state index in [1.165, 1.54) is 0 Å². The van der Waals surface area contributed by atoms with Crippen LogP contribution >= 0.6 is 0 Å². The maximum absolute atomic E-state index is 12.8. The minimum absolute atomic E-state index is 0.00117. The van der Waals surface area contributed by atoms with Crippen LogP contribution in [0.4, 0.5) is 0 Å². The summed E-state index contributed by atoms with van der Waals surface area (Å²) in [5.74, 6) is 1.33. The molecule has 1 atom stereocenters. The highest BCUT2D eigenvalue weighted by Gasteiger charge is 2.47. The molecule has 0 unspecified atom stereocenters. The van der Waals surface area contributed by atoms with E-state index < -0.39 is 11.6 Å². The fourth-order valence-electron chi connectivity index (χ4n) is 3.67. The topological polar surface area (TPSA) is 74.2 Å². The number of rotatable bonds is 1. The summed E-state index contributed by atoms with van der Waals surface area (Å²) < 4.78 is 5.80. The van der Waals surface area contributed by atoms with Crippen molar-refractivity contribution < 1.29 is 14.3 Å². The molecule has 0 saturated carbocycles. The monoisotopic (exact) mass is 342 g/mol. The average Bonchev–Trinajstić information content (AvgIpc) is 3.17. The van der Waals surface area contributed by atoms with Crippen LogP contribution in [0.3, 0.4) is 0 Å². The smallest absolute Gasteiger partial charge is 0.263 e. The number of carbonyl (C=O) groups is 2. The third kappa shape index (κ3) is 2.63. The van der Waals surface area contributed by atoms with Crippen molar-refractivity contribution in [1.82, 2.24) is 15.1 Å². The van der Waals surface area contributed by atoms with E-state index in [1.807, 2.05) is 38.4 Å². The Morgan fingerprint density at radius 1 is 1.32 bits per heavy atom. The third-order valence-electron chi connectivity index (χ3n) is 5.22. The summed E-state index contributed by atoms with van der Waals surface area (Å²) in [5.41, 5.74) is 0.348. The van der Waals surface area contributed by atoms with Crippen LogP contribution in [-0.2, 0) is 16.0 Å². The van der Waals surface area contributed by atoms with Gasteiger partial charge < -0.3 is 14.5 Å². The Hall–Kier alpha value is -2.57. The van der Waals surface area contributed by atoms with Crippen LogP contribution in [0.1, 0.15) is 18.4 Å². The van der Waals surface area contributed by atoms with Crippen LogP contribution < -0.4 is 10.1 Å². The SMILES string of the molecule is CN(C)C1=NC2(CCN(C(=O)[C@H]3Cc4ccccc4O3)CC2)C(=O)N1. The van der Waals surface area contributed by atoms with Crippen LogP contribution in [0.2, 0.25) is 0 Å². The molecule has 0 aromatic heterocycles. The van der Waals surface area contributed by atoms with E-state index in [0.717, 1.165) is 11.3 Å². The number of nitrogens with zero attached hydrogens (tertiary/aromatic N) is 3. The summed E-state index contributed by atoms with van der Waals surface area (Å²) in [6, 6.07) is 7.76. The van der Waals surface area contributed by atoms with Gasteiger partial charge in [-0.3, -0.25) is 14.9 Å². The molecule has 132 valence electrons. The molecule has 3 aliphatic rings. The molecular formula is C18H22N4O3. The largest absolute Gasteiger partial charge is 0.480 e. The third-order valence-corrected chi connectivity index (χ3v) is 5.22. The zero-order valence-corrected chi connectivity index (χ0v) is 14.5. The van der Waals surface area contributed by atoms with Crippen LogP contribution in [0, 0.1) is 0 Å². The van der Waals surface area contributed by atoms with Gasteiger partial charge in [-0.1, -0.05) is 18.2 Å². The lowest BCUT2D eigenvalue weighted by Gasteiger charge is -2.36. The van der Waals surface area contributed by atoms with Crippen LogP contribution in [0.5, 0.6) is 5.75 Å². The number of para-hydroxylation sites is 1. The normalized spacial score (nSPS) is 23.8. The standard InChI is InChI=1S/C18H22N4O3/c1-21(2)17-19-16(24)18(20-17)7-9-22(10-8-18)15(23)14-11-12-5-3-4-6-13(12)25-14/h3-6,14H,7-11H2,1-2H3,(H,19,20,24)/t14-/m1/s1. The van der Waals surface area contributed by atoms with Gasteiger partial charge in [0.15, 0.2) is 6.10 Å². The van der Waals surface area contributed by atoms with E-state index in [-0.39, 0.29) is 11.8 Å². The first-order valence-corrected chi connectivity index (χ1v) is 8.60. The first-order chi connectivity index (χ1) is 12.0. The Morgan fingerprint density at radius 3 is 2.68 bits per heavy atom. The van der Waals surface area contributed by atoms with Crippen molar-refractivity contribution in [3.8, 4) is 5.75 Å². The number of fused-ring (bicyclic) bond motifs is 1. The van der Waals surface area contributed by atoms with Gasteiger partial charge in [-0.05, 0) is 24.5 Å². The Bertz CT molecular complexity index is 725. The fraction of sp³-hybridized carbons (Fsp3) is 0.500. The number of piperidine rings is 1. The van der Waals surface area contributed by atoms with Gasteiger partial charge in [0.05, 0.1) is 0 Å². The number of ether oxygens (including phenoxy) is 1. The molecule has 3 heterocycles. The molecule has 1 fully saturated rings. The maximum atomic E-state index is 12.8. The summed E-state index contributed by atoms with van der Waals surface area (Å²) in [6.07, 6.45) is 1.24. The maximum Gasteiger partial charge on any atom is 0.263 e. The van der Waals surface area contributed by atoms with Crippen molar-refractivity contribution in [3.05, 3.63) is 29.8 Å². The zero-order chi connectivity index (χ0) is 17.6. The Kier molecular flexibility index (Phi) is 3.67. The molecule has 2 amide bonds. The number of hydrogen-bond acceptors (Lipinski definition) is 5. The van der Waals surface area contributed by atoms with Gasteiger partial charge >= 0.3 is 0 Å². The average molecular weight is 342 g/mol. The number of likely N-dealkylation sites (tertiary alicyclic amines) is 1. The molecule has 1 N–H and O–H groups in total. The van der Waals surface area contributed by atoms with Crippen LogP contribution in [0.15, 0.2) is 29.3 Å². The van der Waals surface area contributed by atoms with Gasteiger partial charge in [0, 0.05) is 33.6 Å². The summed E-state index contributed by atoms with van der Waals surface area (Å²) in [4.78, 5) is 33.3. The molecule has 7 heteroatoms. The van der Waals surface area contributed by atoms with Crippen LogP contribution in [0.25, 0.3) is 0 Å². The lowest BCUT2D eigenvalue weighted by atomic mass is 9.87. The molecule has 0 aliphatic carbocycles. The molecule has 1 spiro atoms. The number of hydrogen-bond donors (Lipinski definition) is 1. The highest BCUT2D eigenvalue weighted by molar-refractivity contribution is 6.07. The van der Waals surface area contributed by atoms with Crippen LogP contribution in [-0.4, -0.2) is 66.4 Å².